The second kappa shape index (κ2) is 10.8. The summed E-state index contributed by atoms with van der Waals surface area (Å²) in [6.07, 6.45) is 0.248. The van der Waals surface area contributed by atoms with Crippen molar-refractivity contribution >= 4 is 45.3 Å². The fourth-order valence-electron chi connectivity index (χ4n) is 7.10. The Morgan fingerprint density at radius 3 is 1.81 bits per heavy atom. The molecule has 1 N–H and O–H groups in total. The molecule has 1 aliphatic heterocycles. The van der Waals surface area contributed by atoms with E-state index in [2.05, 4.69) is 21.2 Å². The Hall–Kier alpha value is -3.78. The van der Waals surface area contributed by atoms with E-state index in [1.807, 2.05) is 82.3 Å². The van der Waals surface area contributed by atoms with Gasteiger partial charge in [0.2, 0.25) is 11.8 Å². The third-order valence-corrected chi connectivity index (χ3v) is 9.96. The first-order chi connectivity index (χ1) is 20.1. The number of rotatable bonds is 7. The van der Waals surface area contributed by atoms with Gasteiger partial charge < -0.3 is 10.1 Å². The predicted octanol–water partition coefficient (Wildman–Crippen LogP) is 5.85. The molecule has 1 fully saturated rings. The molecule has 0 spiro atoms. The van der Waals surface area contributed by atoms with E-state index in [-0.39, 0.29) is 36.0 Å². The molecular weight excluding hydrogens is 596 g/mol. The average Bonchev–Trinajstić information content (AvgIpc) is 3.24. The summed E-state index contributed by atoms with van der Waals surface area (Å²) in [6.45, 7) is 7.18. The topological polar surface area (TPSA) is 92.8 Å². The molecule has 3 aliphatic carbocycles. The van der Waals surface area contributed by atoms with Crippen molar-refractivity contribution < 1.29 is 23.9 Å². The van der Waals surface area contributed by atoms with Gasteiger partial charge in [-0.2, -0.15) is 0 Å². The summed E-state index contributed by atoms with van der Waals surface area (Å²) < 4.78 is 6.41. The molecule has 7 rings (SSSR count). The number of carbonyl (C=O) groups is 4. The maximum Gasteiger partial charge on any atom is 0.329 e. The lowest BCUT2D eigenvalue weighted by Crippen LogP contribution is -2.47. The second-order valence-corrected chi connectivity index (χ2v) is 12.8. The van der Waals surface area contributed by atoms with Gasteiger partial charge >= 0.3 is 5.97 Å². The van der Waals surface area contributed by atoms with Crippen molar-refractivity contribution in [3.05, 3.63) is 98.5 Å². The van der Waals surface area contributed by atoms with E-state index in [1.54, 1.807) is 6.07 Å². The van der Waals surface area contributed by atoms with Gasteiger partial charge in [0.1, 0.15) is 6.04 Å². The monoisotopic (exact) mass is 628 g/mol. The number of ether oxygens (including phenoxy) is 1. The molecule has 0 saturated carbocycles. The number of nitrogens with one attached hydrogen (secondary N) is 1. The molecule has 0 radical (unpaired) electrons. The highest BCUT2D eigenvalue weighted by molar-refractivity contribution is 9.10. The molecule has 4 aliphatic rings. The van der Waals surface area contributed by atoms with Crippen LogP contribution in [-0.4, -0.2) is 41.2 Å². The third kappa shape index (κ3) is 4.47. The highest BCUT2D eigenvalue weighted by Crippen LogP contribution is 2.61. The smallest absolute Gasteiger partial charge is 0.329 e. The molecule has 3 aromatic rings. The van der Waals surface area contributed by atoms with Gasteiger partial charge in [-0.3, -0.25) is 19.3 Å². The van der Waals surface area contributed by atoms with E-state index >= 15 is 0 Å². The Bertz CT molecular complexity index is 1520. The zero-order valence-corrected chi connectivity index (χ0v) is 25.6. The van der Waals surface area contributed by atoms with Crippen molar-refractivity contribution in [2.45, 2.75) is 52.0 Å². The van der Waals surface area contributed by atoms with Gasteiger partial charge in [-0.25, -0.2) is 4.79 Å². The van der Waals surface area contributed by atoms with Gasteiger partial charge in [0, 0.05) is 22.0 Å². The number of nitrogens with zero attached hydrogens (tertiary/aromatic N) is 1. The number of amides is 3. The van der Waals surface area contributed by atoms with Crippen molar-refractivity contribution in [1.82, 2.24) is 4.90 Å². The average molecular weight is 630 g/mol. The lowest BCUT2D eigenvalue weighted by Gasteiger charge is -2.45. The van der Waals surface area contributed by atoms with Gasteiger partial charge in [-0.15, -0.1) is 0 Å². The van der Waals surface area contributed by atoms with Crippen LogP contribution in [-0.2, 0) is 23.9 Å². The molecule has 3 aromatic carbocycles. The lowest BCUT2D eigenvalue weighted by atomic mass is 9.55. The molecule has 1 heterocycles. The van der Waals surface area contributed by atoms with Crippen molar-refractivity contribution in [2.24, 2.45) is 17.8 Å². The number of likely N-dealkylation sites (tertiary alicyclic amines) is 1. The molecule has 7 nitrogen and oxygen atoms in total. The number of imide groups is 1. The molecule has 1 saturated heterocycles. The molecule has 2 bridgehead atoms. The van der Waals surface area contributed by atoms with Crippen LogP contribution in [0, 0.1) is 31.6 Å². The van der Waals surface area contributed by atoms with E-state index in [9.17, 15) is 19.2 Å². The number of anilines is 1. The minimum absolute atomic E-state index is 0.000823. The number of esters is 1. The SMILES string of the molecule is Cc1c(Br)ccc(NC(=O)COC(=O)[C@H](CC(C)C)N2C(=O)[C@H]3C4c5ccccc5C(c5ccccc54)[C@@H]3C2=O)c1C. The van der Waals surface area contributed by atoms with Crippen molar-refractivity contribution in [3.63, 3.8) is 0 Å². The molecular formula is C34H33BrN2O5. The molecule has 0 aromatic heterocycles. The van der Waals surface area contributed by atoms with E-state index in [4.69, 9.17) is 4.74 Å². The predicted molar refractivity (Wildman–Crippen MR) is 162 cm³/mol. The number of benzene rings is 3. The van der Waals surface area contributed by atoms with E-state index < -0.39 is 36.4 Å². The first-order valence-corrected chi connectivity index (χ1v) is 15.2. The Morgan fingerprint density at radius 1 is 0.833 bits per heavy atom. The van der Waals surface area contributed by atoms with Gasteiger partial charge in [-0.1, -0.05) is 78.3 Å². The Balaban J connectivity index is 1.26. The van der Waals surface area contributed by atoms with Crippen LogP contribution in [0.1, 0.15) is 65.5 Å². The van der Waals surface area contributed by atoms with Crippen molar-refractivity contribution in [1.29, 1.82) is 0 Å². The van der Waals surface area contributed by atoms with E-state index in [1.165, 1.54) is 0 Å². The first kappa shape index (κ1) is 28.3. The zero-order chi connectivity index (χ0) is 29.9. The Kier molecular flexibility index (Phi) is 7.29. The normalized spacial score (nSPS) is 22.5. The van der Waals surface area contributed by atoms with E-state index in [0.717, 1.165) is 42.8 Å². The van der Waals surface area contributed by atoms with Crippen LogP contribution in [0.2, 0.25) is 0 Å². The number of hydrogen-bond acceptors (Lipinski definition) is 5. The maximum absolute atomic E-state index is 14.2. The third-order valence-electron chi connectivity index (χ3n) is 9.10. The Labute approximate surface area is 253 Å². The first-order valence-electron chi connectivity index (χ1n) is 14.4. The highest BCUT2D eigenvalue weighted by Gasteiger charge is 2.63. The molecule has 42 heavy (non-hydrogen) atoms. The van der Waals surface area contributed by atoms with Crippen LogP contribution in [0.3, 0.4) is 0 Å². The van der Waals surface area contributed by atoms with Crippen LogP contribution in [0.25, 0.3) is 0 Å². The Morgan fingerprint density at radius 2 is 1.33 bits per heavy atom. The summed E-state index contributed by atoms with van der Waals surface area (Å²) in [5.74, 6) is -3.59. The second-order valence-electron chi connectivity index (χ2n) is 12.0. The van der Waals surface area contributed by atoms with Gasteiger partial charge in [0.05, 0.1) is 11.8 Å². The minimum Gasteiger partial charge on any atom is -0.454 e. The summed E-state index contributed by atoms with van der Waals surface area (Å²) in [5.41, 5.74) is 6.81. The molecule has 0 unspecified atom stereocenters. The maximum atomic E-state index is 14.2. The standard InChI is InChI=1S/C34H33BrN2O5/c1-17(2)15-26(34(41)42-16-27(38)36-25-14-13-24(35)18(3)19(25)4)37-32(39)30-28-20-9-5-6-10-21(20)29(31(30)33(37)40)23-12-8-7-11-22(23)28/h5-14,17,26,28-31H,15-16H2,1-4H3,(H,36,38)/t26-,28?,29?,30-,31-/m0/s1. The van der Waals surface area contributed by atoms with Gasteiger partial charge in [0.15, 0.2) is 6.61 Å². The van der Waals surface area contributed by atoms with Crippen molar-refractivity contribution in [2.75, 3.05) is 11.9 Å². The van der Waals surface area contributed by atoms with Crippen molar-refractivity contribution in [3.8, 4) is 0 Å². The number of halogens is 1. The molecule has 3 amide bonds. The summed E-state index contributed by atoms with van der Waals surface area (Å²) in [4.78, 5) is 55.8. The highest BCUT2D eigenvalue weighted by atomic mass is 79.9. The fraction of sp³-hybridized carbons (Fsp3) is 0.353. The van der Waals surface area contributed by atoms with Gasteiger partial charge in [-0.05, 0) is 71.7 Å². The van der Waals surface area contributed by atoms with Crippen LogP contribution in [0.15, 0.2) is 65.1 Å². The van der Waals surface area contributed by atoms with Gasteiger partial charge in [0.25, 0.3) is 5.91 Å². The quantitative estimate of drug-likeness (QED) is 0.262. The summed E-state index contributed by atoms with van der Waals surface area (Å²) in [6, 6.07) is 18.6. The number of carbonyl (C=O) groups excluding carboxylic acids is 4. The van der Waals surface area contributed by atoms with Crippen LogP contribution >= 0.6 is 15.9 Å². The summed E-state index contributed by atoms with van der Waals surface area (Å²) >= 11 is 3.48. The van der Waals surface area contributed by atoms with Crippen LogP contribution in [0.5, 0.6) is 0 Å². The molecule has 216 valence electrons. The lowest BCUT2D eigenvalue weighted by molar-refractivity contribution is -0.160. The van der Waals surface area contributed by atoms with E-state index in [0.29, 0.717) is 5.69 Å². The molecule has 8 heteroatoms. The summed E-state index contributed by atoms with van der Waals surface area (Å²) in [7, 11) is 0. The largest absolute Gasteiger partial charge is 0.454 e. The van der Waals surface area contributed by atoms with Crippen LogP contribution < -0.4 is 5.32 Å². The molecule has 3 atom stereocenters. The zero-order valence-electron chi connectivity index (χ0n) is 24.0. The minimum atomic E-state index is -1.11. The fourth-order valence-corrected chi connectivity index (χ4v) is 7.53. The number of hydrogen-bond donors (Lipinski definition) is 1. The van der Waals surface area contributed by atoms with Crippen LogP contribution in [0.4, 0.5) is 5.69 Å². The summed E-state index contributed by atoms with van der Waals surface area (Å²) in [5, 5.41) is 2.80.